The highest BCUT2D eigenvalue weighted by Gasteiger charge is 2.42. The van der Waals surface area contributed by atoms with Crippen molar-refractivity contribution < 1.29 is 76.0 Å². The van der Waals surface area contributed by atoms with Gasteiger partial charge in [0.25, 0.3) is 0 Å². The highest BCUT2D eigenvalue weighted by atomic mass is 79.9. The summed E-state index contributed by atoms with van der Waals surface area (Å²) in [5.41, 5.74) is -1.62. The molecule has 0 saturated carbocycles. The van der Waals surface area contributed by atoms with Crippen LogP contribution in [0.1, 0.15) is 150 Å². The number of unbranched alkanes of at least 4 members (excludes halogenated alkanes) is 4. The monoisotopic (exact) mass is 1090 g/mol. The van der Waals surface area contributed by atoms with Gasteiger partial charge in [-0.25, -0.2) is 4.79 Å². The number of alkyl halides is 2. The number of carbonyl (C=O) groups excluding carboxylic acids is 8. The fourth-order valence-corrected chi connectivity index (χ4v) is 8.19. The van der Waals surface area contributed by atoms with E-state index < -0.39 is 19.5 Å². The van der Waals surface area contributed by atoms with E-state index >= 15 is 0 Å². The molecule has 2 rings (SSSR count). The van der Waals surface area contributed by atoms with Crippen LogP contribution in [0, 0.1) is 10.8 Å². The highest BCUT2D eigenvalue weighted by molar-refractivity contribution is 9.10. The molecule has 0 radical (unpaired) electrons. The molecule has 0 aliphatic carbocycles. The van der Waals surface area contributed by atoms with Crippen LogP contribution in [-0.4, -0.2) is 101 Å². The number of ketones is 2. The van der Waals surface area contributed by atoms with Crippen molar-refractivity contribution in [1.29, 1.82) is 0 Å². The maximum absolute atomic E-state index is 12.6. The number of aliphatic hydroxyl groups is 1. The third kappa shape index (κ3) is 29.4. The zero-order chi connectivity index (χ0) is 51.7. The Hall–Kier alpha value is -4.45. The molecule has 0 amide bonds. The Morgan fingerprint density at radius 1 is 0.588 bits per heavy atom. The van der Waals surface area contributed by atoms with Gasteiger partial charge in [-0.05, 0) is 125 Å². The number of aliphatic imine (C=N–C) groups is 1. The topological polar surface area (TPSA) is 242 Å². The third-order valence-electron chi connectivity index (χ3n) is 9.91. The number of hydrogen-bond acceptors (Lipinski definition) is 17. The van der Waals surface area contributed by atoms with Crippen LogP contribution in [0.15, 0.2) is 50.6 Å². The van der Waals surface area contributed by atoms with Gasteiger partial charge in [-0.15, -0.1) is 0 Å². The SMILES string of the molecule is CCOC(=O)C(C)(C)CC(C)(Br)C(=O)CCOC(=O)CCCCCO.CCOC(=O)C(C)(C)CC(C)(Br)C(=O)CCOC(=O)CCCCCOC(=O)CCc1ccco1.O=C=NCc1ccco1. The minimum atomic E-state index is -0.926. The molecule has 2 aromatic rings. The molecule has 0 bridgehead atoms. The second kappa shape index (κ2) is 34.8. The van der Waals surface area contributed by atoms with Crippen molar-refractivity contribution in [3.05, 3.63) is 48.3 Å². The zero-order valence-corrected chi connectivity index (χ0v) is 44.3. The Morgan fingerprint density at radius 3 is 1.43 bits per heavy atom. The average molecular weight is 1090 g/mol. The Morgan fingerprint density at radius 2 is 1.01 bits per heavy atom. The lowest BCUT2D eigenvalue weighted by Gasteiger charge is -2.30. The molecule has 0 aromatic carbocycles. The number of nitrogens with zero attached hydrogens (tertiary/aromatic N) is 1. The van der Waals surface area contributed by atoms with E-state index in [9.17, 15) is 38.4 Å². The average Bonchev–Trinajstić information content (AvgIpc) is 4.00. The maximum atomic E-state index is 12.6. The first-order chi connectivity index (χ1) is 32.0. The number of ether oxygens (including phenoxy) is 5. The van der Waals surface area contributed by atoms with E-state index in [1.54, 1.807) is 79.9 Å². The lowest BCUT2D eigenvalue weighted by molar-refractivity contribution is -0.155. The molecule has 2 atom stereocenters. The lowest BCUT2D eigenvalue weighted by Crippen LogP contribution is -2.39. The minimum absolute atomic E-state index is 0.00796. The number of aliphatic hydroxyl groups excluding tert-OH is 1. The van der Waals surface area contributed by atoms with Crippen LogP contribution in [0.5, 0.6) is 0 Å². The van der Waals surface area contributed by atoms with Crippen molar-refractivity contribution in [3.63, 3.8) is 0 Å². The molecule has 2 heterocycles. The molecule has 0 saturated heterocycles. The van der Waals surface area contributed by atoms with Gasteiger partial charge in [-0.2, -0.15) is 4.99 Å². The van der Waals surface area contributed by atoms with Crippen LogP contribution in [0.25, 0.3) is 0 Å². The summed E-state index contributed by atoms with van der Waals surface area (Å²) in [5.74, 6) is -0.530. The van der Waals surface area contributed by atoms with Crippen LogP contribution in [-0.2, 0) is 75.0 Å². The fourth-order valence-electron chi connectivity index (χ4n) is 6.39. The van der Waals surface area contributed by atoms with Crippen molar-refractivity contribution in [2.24, 2.45) is 15.8 Å². The Kier molecular flexibility index (Phi) is 32.5. The number of rotatable bonds is 32. The zero-order valence-electron chi connectivity index (χ0n) is 41.1. The normalized spacial score (nSPS) is 12.8. The standard InChI is InChI=1S/C25H37BrO8.C18H31BrO6.C6H5NO2/c1-5-31-23(30)24(2,3)18-25(4,26)20(27)14-17-34-21(28)11-7-6-8-15-33-22(29)13-12-19-10-9-16-32-19;1-5-24-16(23)17(2,3)13-18(4,19)14(21)10-12-25-15(22)9-7-6-8-11-20;8-5-7-4-6-2-1-3-9-6/h9-10,16H,5-8,11-15,17-18H2,1-4H3;20H,5-13H2,1-4H3;1-3H,4H2. The van der Waals surface area contributed by atoms with Crippen LogP contribution in [0.4, 0.5) is 0 Å². The van der Waals surface area contributed by atoms with Gasteiger partial charge in [0, 0.05) is 38.7 Å². The van der Waals surface area contributed by atoms with Gasteiger partial charge < -0.3 is 37.6 Å². The maximum Gasteiger partial charge on any atom is 0.311 e. The molecule has 384 valence electrons. The van der Waals surface area contributed by atoms with E-state index in [1.807, 2.05) is 6.07 Å². The van der Waals surface area contributed by atoms with Crippen LogP contribution >= 0.6 is 31.9 Å². The minimum Gasteiger partial charge on any atom is -0.469 e. The molecule has 0 aliphatic heterocycles. The molecule has 68 heavy (non-hydrogen) atoms. The molecule has 17 nitrogen and oxygen atoms in total. The van der Waals surface area contributed by atoms with Crippen molar-refractivity contribution in [2.75, 3.05) is 39.6 Å². The number of isocyanates is 1. The number of carbonyl (C=O) groups is 7. The molecule has 0 fully saturated rings. The predicted molar refractivity (Wildman–Crippen MR) is 258 cm³/mol. The molecule has 0 spiro atoms. The summed E-state index contributed by atoms with van der Waals surface area (Å²) < 4.78 is 33.7. The molecule has 2 aromatic heterocycles. The molecule has 0 aliphatic rings. The summed E-state index contributed by atoms with van der Waals surface area (Å²) in [7, 11) is 0. The smallest absolute Gasteiger partial charge is 0.311 e. The lowest BCUT2D eigenvalue weighted by atomic mass is 9.81. The van der Waals surface area contributed by atoms with Gasteiger partial charge in [0.1, 0.15) is 18.1 Å². The van der Waals surface area contributed by atoms with Gasteiger partial charge in [0.05, 0.1) is 71.5 Å². The Balaban J connectivity index is 0.00000115. The van der Waals surface area contributed by atoms with E-state index in [4.69, 9.17) is 37.6 Å². The van der Waals surface area contributed by atoms with Crippen molar-refractivity contribution in [1.82, 2.24) is 0 Å². The first kappa shape index (κ1) is 63.5. The third-order valence-corrected chi connectivity index (χ3v) is 11.4. The summed E-state index contributed by atoms with van der Waals surface area (Å²) in [6, 6.07) is 7.09. The van der Waals surface area contributed by atoms with E-state index in [2.05, 4.69) is 36.9 Å². The van der Waals surface area contributed by atoms with Gasteiger partial charge in [-0.3, -0.25) is 33.6 Å². The van der Waals surface area contributed by atoms with Gasteiger partial charge >= 0.3 is 29.8 Å². The molecule has 19 heteroatoms. The molecule has 2 unspecified atom stereocenters. The van der Waals surface area contributed by atoms with Crippen LogP contribution < -0.4 is 0 Å². The first-order valence-corrected chi connectivity index (χ1v) is 24.5. The number of halogens is 2. The molecule has 1 N–H and O–H groups in total. The number of esters is 5. The number of aryl methyl sites for hydroxylation is 1. The van der Waals surface area contributed by atoms with Crippen molar-refractivity contribution in [2.45, 2.75) is 160 Å². The van der Waals surface area contributed by atoms with E-state index in [-0.39, 0.29) is 119 Å². The van der Waals surface area contributed by atoms with E-state index in [1.165, 1.54) is 12.3 Å². The second-order valence-corrected chi connectivity index (χ2v) is 20.9. The molecular weight excluding hydrogens is 1020 g/mol. The van der Waals surface area contributed by atoms with Crippen LogP contribution in [0.2, 0.25) is 0 Å². The van der Waals surface area contributed by atoms with Crippen molar-refractivity contribution in [3.8, 4) is 0 Å². The first-order valence-electron chi connectivity index (χ1n) is 22.9. The predicted octanol–water partition coefficient (Wildman–Crippen LogP) is 9.24. The summed E-state index contributed by atoms with van der Waals surface area (Å²) in [4.78, 5) is 97.0. The van der Waals surface area contributed by atoms with Gasteiger partial charge in [0.15, 0.2) is 11.6 Å². The number of hydrogen-bond donors (Lipinski definition) is 1. The second-order valence-electron chi connectivity index (χ2n) is 17.4. The van der Waals surface area contributed by atoms with Crippen molar-refractivity contribution >= 4 is 79.4 Å². The largest absolute Gasteiger partial charge is 0.469 e. The number of Topliss-reactive ketones (excluding diaryl/α,β-unsaturated/α-hetero) is 2. The Bertz CT molecular complexity index is 1830. The summed E-state index contributed by atoms with van der Waals surface area (Å²) in [6.45, 7) is 15.2. The van der Waals surface area contributed by atoms with Gasteiger partial charge in [-0.1, -0.05) is 38.3 Å². The molecular formula is C49H73Br2NO16. The Labute approximate surface area is 417 Å². The van der Waals surface area contributed by atoms with E-state index in [0.29, 0.717) is 51.1 Å². The summed E-state index contributed by atoms with van der Waals surface area (Å²) in [6.07, 6.45) is 10.6. The van der Waals surface area contributed by atoms with Gasteiger partial charge in [0.2, 0.25) is 6.08 Å². The quantitative estimate of drug-likeness (QED) is 0.0179. The van der Waals surface area contributed by atoms with E-state index in [0.717, 1.165) is 18.6 Å². The summed E-state index contributed by atoms with van der Waals surface area (Å²) in [5, 5.41) is 8.67. The highest BCUT2D eigenvalue weighted by Crippen LogP contribution is 2.37. The number of furan rings is 2. The van der Waals surface area contributed by atoms with Crippen LogP contribution in [0.3, 0.4) is 0 Å². The fraction of sp³-hybridized carbons (Fsp3) is 0.673. The summed E-state index contributed by atoms with van der Waals surface area (Å²) >= 11 is 6.84.